The van der Waals surface area contributed by atoms with E-state index in [1.807, 2.05) is 0 Å². The zero-order valence-electron chi connectivity index (χ0n) is 9.42. The molecular formula is C12H13FN2O2. The number of rotatable bonds is 4. The van der Waals surface area contributed by atoms with E-state index >= 15 is 0 Å². The number of anilines is 1. The second-order valence-corrected chi connectivity index (χ2v) is 3.66. The quantitative estimate of drug-likeness (QED) is 0.795. The maximum Gasteiger partial charge on any atom is 0.248 e. The summed E-state index contributed by atoms with van der Waals surface area (Å²) < 4.78 is 18.5. The maximum absolute atomic E-state index is 13.7. The fourth-order valence-corrected chi connectivity index (χ4v) is 1.60. The molecule has 2 rings (SSSR count). The van der Waals surface area contributed by atoms with E-state index in [2.05, 4.69) is 10.3 Å². The van der Waals surface area contributed by atoms with Gasteiger partial charge in [0.15, 0.2) is 0 Å². The molecule has 0 saturated carbocycles. The summed E-state index contributed by atoms with van der Waals surface area (Å²) >= 11 is 0. The second-order valence-electron chi connectivity index (χ2n) is 3.66. The molecule has 1 heterocycles. The van der Waals surface area contributed by atoms with Crippen molar-refractivity contribution in [3.8, 4) is 0 Å². The molecule has 1 aromatic heterocycles. The van der Waals surface area contributed by atoms with Crippen molar-refractivity contribution < 1.29 is 9.13 Å². The lowest BCUT2D eigenvalue weighted by Gasteiger charge is -2.08. The normalized spacial score (nSPS) is 10.7. The number of hydrogen-bond acceptors (Lipinski definition) is 3. The zero-order valence-corrected chi connectivity index (χ0v) is 9.42. The Balaban J connectivity index is 2.36. The van der Waals surface area contributed by atoms with Crippen molar-refractivity contribution in [1.29, 1.82) is 0 Å². The number of nitrogens with one attached hydrogen (secondary N) is 2. The molecule has 0 saturated heterocycles. The monoisotopic (exact) mass is 236 g/mol. The maximum atomic E-state index is 13.7. The first kappa shape index (κ1) is 11.6. The summed E-state index contributed by atoms with van der Waals surface area (Å²) in [7, 11) is 1.58. The van der Waals surface area contributed by atoms with Crippen molar-refractivity contribution in [2.24, 2.45) is 0 Å². The van der Waals surface area contributed by atoms with E-state index in [0.29, 0.717) is 29.7 Å². The van der Waals surface area contributed by atoms with Gasteiger partial charge in [0.2, 0.25) is 5.56 Å². The molecule has 0 atom stereocenters. The highest BCUT2D eigenvalue weighted by atomic mass is 19.1. The second kappa shape index (κ2) is 4.97. The first-order valence-electron chi connectivity index (χ1n) is 5.26. The predicted molar refractivity (Wildman–Crippen MR) is 64.9 cm³/mol. The highest BCUT2D eigenvalue weighted by molar-refractivity contribution is 5.82. The van der Waals surface area contributed by atoms with Gasteiger partial charge in [-0.05, 0) is 18.2 Å². The lowest BCUT2D eigenvalue weighted by Crippen LogP contribution is -2.09. The van der Waals surface area contributed by atoms with Crippen LogP contribution < -0.4 is 10.9 Å². The predicted octanol–water partition coefficient (Wildman–Crippen LogP) is 1.73. The molecule has 0 spiro atoms. The van der Waals surface area contributed by atoms with Crippen LogP contribution in [-0.2, 0) is 4.74 Å². The third-order valence-corrected chi connectivity index (χ3v) is 2.43. The Morgan fingerprint density at radius 3 is 3.00 bits per heavy atom. The zero-order chi connectivity index (χ0) is 12.3. The van der Waals surface area contributed by atoms with Crippen LogP contribution in [-0.4, -0.2) is 25.2 Å². The largest absolute Gasteiger partial charge is 0.383 e. The average Bonchev–Trinajstić information content (AvgIpc) is 2.31. The molecule has 0 aliphatic carbocycles. The summed E-state index contributed by atoms with van der Waals surface area (Å²) in [5, 5.41) is 3.57. The van der Waals surface area contributed by atoms with Crippen LogP contribution in [0.5, 0.6) is 0 Å². The van der Waals surface area contributed by atoms with Gasteiger partial charge in [-0.3, -0.25) is 4.79 Å². The summed E-state index contributed by atoms with van der Waals surface area (Å²) in [6.45, 7) is 0.999. The van der Waals surface area contributed by atoms with E-state index in [1.165, 1.54) is 12.1 Å². The Labute approximate surface area is 97.4 Å². The number of pyridine rings is 1. The van der Waals surface area contributed by atoms with Gasteiger partial charge in [0.1, 0.15) is 5.82 Å². The SMILES string of the molecule is COCCNc1cc2[nH]c(=O)ccc2cc1F. The summed E-state index contributed by atoms with van der Waals surface area (Å²) in [6, 6.07) is 5.94. The minimum absolute atomic E-state index is 0.202. The Kier molecular flexibility index (Phi) is 3.39. The van der Waals surface area contributed by atoms with Gasteiger partial charge in [-0.15, -0.1) is 0 Å². The van der Waals surface area contributed by atoms with E-state index in [1.54, 1.807) is 19.2 Å². The van der Waals surface area contributed by atoms with Crippen molar-refractivity contribution in [2.45, 2.75) is 0 Å². The van der Waals surface area contributed by atoms with Gasteiger partial charge in [0.05, 0.1) is 17.8 Å². The minimum atomic E-state index is -0.347. The molecule has 4 nitrogen and oxygen atoms in total. The van der Waals surface area contributed by atoms with Gasteiger partial charge >= 0.3 is 0 Å². The molecule has 0 unspecified atom stereocenters. The van der Waals surface area contributed by atoms with Crippen LogP contribution in [0, 0.1) is 5.82 Å². The van der Waals surface area contributed by atoms with Crippen molar-refractivity contribution in [3.63, 3.8) is 0 Å². The minimum Gasteiger partial charge on any atom is -0.383 e. The van der Waals surface area contributed by atoms with Crippen LogP contribution in [0.2, 0.25) is 0 Å². The van der Waals surface area contributed by atoms with Crippen LogP contribution in [0.4, 0.5) is 10.1 Å². The number of halogens is 1. The van der Waals surface area contributed by atoms with E-state index in [-0.39, 0.29) is 11.4 Å². The van der Waals surface area contributed by atoms with Gasteiger partial charge in [-0.25, -0.2) is 4.39 Å². The number of methoxy groups -OCH3 is 1. The van der Waals surface area contributed by atoms with Crippen molar-refractivity contribution in [1.82, 2.24) is 4.98 Å². The fraction of sp³-hybridized carbons (Fsp3) is 0.250. The molecule has 0 radical (unpaired) electrons. The third kappa shape index (κ3) is 2.62. The molecule has 5 heteroatoms. The fourth-order valence-electron chi connectivity index (χ4n) is 1.60. The number of hydrogen-bond donors (Lipinski definition) is 2. The number of fused-ring (bicyclic) bond motifs is 1. The summed E-state index contributed by atoms with van der Waals surface area (Å²) in [5.41, 5.74) is 0.766. The van der Waals surface area contributed by atoms with Gasteiger partial charge in [-0.1, -0.05) is 0 Å². The third-order valence-electron chi connectivity index (χ3n) is 2.43. The molecule has 2 aromatic rings. The molecule has 90 valence electrons. The highest BCUT2D eigenvalue weighted by Gasteiger charge is 2.04. The van der Waals surface area contributed by atoms with E-state index in [4.69, 9.17) is 4.74 Å². The smallest absolute Gasteiger partial charge is 0.248 e. The number of aromatic amines is 1. The van der Waals surface area contributed by atoms with Crippen molar-refractivity contribution in [3.05, 3.63) is 40.4 Å². The molecule has 2 N–H and O–H groups in total. The molecule has 1 aromatic carbocycles. The summed E-state index contributed by atoms with van der Waals surface area (Å²) in [6.07, 6.45) is 0. The molecule has 0 fully saturated rings. The van der Waals surface area contributed by atoms with Gasteiger partial charge in [0.25, 0.3) is 0 Å². The first-order valence-corrected chi connectivity index (χ1v) is 5.26. The van der Waals surface area contributed by atoms with Gasteiger partial charge in [-0.2, -0.15) is 0 Å². The topological polar surface area (TPSA) is 54.1 Å². The Morgan fingerprint density at radius 1 is 1.41 bits per heavy atom. The summed E-state index contributed by atoms with van der Waals surface area (Å²) in [5.74, 6) is -0.347. The lowest BCUT2D eigenvalue weighted by molar-refractivity contribution is 0.210. The standard InChI is InChI=1S/C12H13FN2O2/c1-17-5-4-14-11-7-10-8(6-9(11)13)2-3-12(16)15-10/h2-3,6-7,14H,4-5H2,1H3,(H,15,16). The molecule has 0 aliphatic heterocycles. The summed E-state index contributed by atoms with van der Waals surface area (Å²) in [4.78, 5) is 13.8. The number of aromatic nitrogens is 1. The number of H-pyrrole nitrogens is 1. The highest BCUT2D eigenvalue weighted by Crippen LogP contribution is 2.20. The van der Waals surface area contributed by atoms with E-state index in [9.17, 15) is 9.18 Å². The van der Waals surface area contributed by atoms with Gasteiger partial charge in [0, 0.05) is 25.1 Å². The van der Waals surface area contributed by atoms with Crippen LogP contribution >= 0.6 is 0 Å². The molecule has 0 aliphatic rings. The van der Waals surface area contributed by atoms with Crippen molar-refractivity contribution in [2.75, 3.05) is 25.6 Å². The molecule has 0 amide bonds. The van der Waals surface area contributed by atoms with E-state index < -0.39 is 0 Å². The lowest BCUT2D eigenvalue weighted by atomic mass is 10.2. The Bertz CT molecular complexity index is 580. The van der Waals surface area contributed by atoms with Crippen molar-refractivity contribution >= 4 is 16.6 Å². The molecule has 17 heavy (non-hydrogen) atoms. The van der Waals surface area contributed by atoms with Crippen LogP contribution in [0.25, 0.3) is 10.9 Å². The number of benzene rings is 1. The van der Waals surface area contributed by atoms with Crippen LogP contribution in [0.3, 0.4) is 0 Å². The van der Waals surface area contributed by atoms with Gasteiger partial charge < -0.3 is 15.0 Å². The molecule has 0 bridgehead atoms. The Morgan fingerprint density at radius 2 is 2.24 bits per heavy atom. The molecular weight excluding hydrogens is 223 g/mol. The van der Waals surface area contributed by atoms with E-state index in [0.717, 1.165) is 0 Å². The van der Waals surface area contributed by atoms with Crippen LogP contribution in [0.15, 0.2) is 29.1 Å². The number of ether oxygens (including phenoxy) is 1. The van der Waals surface area contributed by atoms with Crippen LogP contribution in [0.1, 0.15) is 0 Å². The first-order chi connectivity index (χ1) is 8.20. The average molecular weight is 236 g/mol. The Hall–Kier alpha value is -1.88.